The number of amidine groups is 1. The summed E-state index contributed by atoms with van der Waals surface area (Å²) in [5, 5.41) is 19.6. The maximum absolute atomic E-state index is 12.2. The number of carboxylic acid groups (broad SMARTS) is 1. The first-order chi connectivity index (χ1) is 11.3. The van der Waals surface area contributed by atoms with Crippen LogP contribution in [0.1, 0.15) is 26.7 Å². The first kappa shape index (κ1) is 17.3. The van der Waals surface area contributed by atoms with Gasteiger partial charge in [-0.15, -0.1) is 11.8 Å². The molecule has 1 amide bonds. The number of carbonyl (C=O) groups excluding carboxylic acids is 1. The average Bonchev–Trinajstić information content (AvgIpc) is 3.09. The van der Waals surface area contributed by atoms with Gasteiger partial charge in [-0.3, -0.25) is 9.79 Å². The predicted molar refractivity (Wildman–Crippen MR) is 91.7 cm³/mol. The van der Waals surface area contributed by atoms with E-state index in [2.05, 4.69) is 9.89 Å². The highest BCUT2D eigenvalue weighted by Gasteiger charge is 2.57. The molecular formula is C16H23N3O4S. The quantitative estimate of drug-likeness (QED) is 0.440. The number of likely N-dealkylation sites (tertiary alicyclic amines) is 1. The zero-order valence-corrected chi connectivity index (χ0v) is 14.9. The topological polar surface area (TPSA) is 93.4 Å². The zero-order chi connectivity index (χ0) is 17.6. The first-order valence-electron chi connectivity index (χ1n) is 8.17. The molecule has 0 aromatic heterocycles. The van der Waals surface area contributed by atoms with Crippen LogP contribution in [0.25, 0.3) is 0 Å². The lowest BCUT2D eigenvalue weighted by atomic mass is 9.83. The Morgan fingerprint density at radius 1 is 1.46 bits per heavy atom. The summed E-state index contributed by atoms with van der Waals surface area (Å²) >= 11 is 1.57. The number of carbonyl (C=O) groups is 2. The summed E-state index contributed by atoms with van der Waals surface area (Å²) in [6.45, 7) is 5.32. The smallest absolute Gasteiger partial charge is 0.353 e. The Morgan fingerprint density at radius 2 is 2.17 bits per heavy atom. The highest BCUT2D eigenvalue weighted by atomic mass is 32.2. The van der Waals surface area contributed by atoms with Gasteiger partial charge in [-0.1, -0.05) is 0 Å². The number of nitrogens with zero attached hydrogens (tertiary/aromatic N) is 3. The standard InChI is InChI=1S/C16H23N3O4S/c1-8(20)13-11-6-12(14(16(22)23)19(11)15(13)21)24-10-4-5-18(7-10)9(2)17-3/h8,10-11,13,20H,4-7H2,1-3H3,(H,22,23)/t8?,10?,11-,13?/m1/s1. The minimum absolute atomic E-state index is 0.117. The number of aliphatic imine (C=N–C) groups is 1. The molecule has 132 valence electrons. The number of rotatable bonds is 4. The van der Waals surface area contributed by atoms with Crippen LogP contribution >= 0.6 is 11.8 Å². The van der Waals surface area contributed by atoms with Crippen LogP contribution < -0.4 is 0 Å². The van der Waals surface area contributed by atoms with Crippen molar-refractivity contribution in [1.82, 2.24) is 9.80 Å². The van der Waals surface area contributed by atoms with Crippen LogP contribution in [-0.2, 0) is 9.59 Å². The Kier molecular flexibility index (Phi) is 4.61. The Hall–Kier alpha value is -1.54. The number of carboxylic acids is 1. The summed E-state index contributed by atoms with van der Waals surface area (Å²) in [6.07, 6.45) is 0.751. The van der Waals surface area contributed by atoms with Crippen LogP contribution in [0.2, 0.25) is 0 Å². The molecule has 0 aliphatic carbocycles. The third kappa shape index (κ3) is 2.71. The van der Waals surface area contributed by atoms with E-state index in [4.69, 9.17) is 0 Å². The van der Waals surface area contributed by atoms with E-state index in [1.165, 1.54) is 4.90 Å². The summed E-state index contributed by atoms with van der Waals surface area (Å²) in [5.74, 6) is -0.819. The molecule has 0 aromatic carbocycles. The summed E-state index contributed by atoms with van der Waals surface area (Å²) in [6, 6.07) is -0.206. The van der Waals surface area contributed by atoms with E-state index in [0.29, 0.717) is 11.7 Å². The normalized spacial score (nSPS) is 31.4. The second-order valence-electron chi connectivity index (χ2n) is 6.57. The van der Waals surface area contributed by atoms with Crippen molar-refractivity contribution < 1.29 is 19.8 Å². The fourth-order valence-corrected chi connectivity index (χ4v) is 5.24. The highest BCUT2D eigenvalue weighted by Crippen LogP contribution is 2.48. The molecule has 3 unspecified atom stereocenters. The van der Waals surface area contributed by atoms with Gasteiger partial charge in [0.25, 0.3) is 0 Å². The van der Waals surface area contributed by atoms with Gasteiger partial charge in [-0.2, -0.15) is 0 Å². The molecule has 0 saturated carbocycles. The van der Waals surface area contributed by atoms with Gasteiger partial charge < -0.3 is 20.0 Å². The van der Waals surface area contributed by atoms with Gasteiger partial charge in [-0.25, -0.2) is 4.79 Å². The SMILES string of the molecule is CN=C(C)N1CCC(SC2=C(C(=O)O)N3C(=O)C(C(C)O)[C@H]3C2)C1. The minimum Gasteiger partial charge on any atom is -0.477 e. The van der Waals surface area contributed by atoms with Crippen molar-refractivity contribution in [3.8, 4) is 0 Å². The van der Waals surface area contributed by atoms with Gasteiger partial charge >= 0.3 is 5.97 Å². The van der Waals surface area contributed by atoms with Crippen molar-refractivity contribution in [2.45, 2.75) is 44.1 Å². The largest absolute Gasteiger partial charge is 0.477 e. The molecule has 0 bridgehead atoms. The summed E-state index contributed by atoms with van der Waals surface area (Å²) in [5.41, 5.74) is 0.117. The number of aliphatic hydroxyl groups is 1. The lowest BCUT2D eigenvalue weighted by Crippen LogP contribution is -2.61. The van der Waals surface area contributed by atoms with Gasteiger partial charge in [-0.05, 0) is 20.3 Å². The average molecular weight is 353 g/mol. The van der Waals surface area contributed by atoms with E-state index < -0.39 is 18.0 Å². The predicted octanol–water partition coefficient (Wildman–Crippen LogP) is 0.750. The van der Waals surface area contributed by atoms with Crippen molar-refractivity contribution >= 4 is 29.5 Å². The van der Waals surface area contributed by atoms with Gasteiger partial charge in [0, 0.05) is 36.7 Å². The van der Waals surface area contributed by atoms with E-state index in [0.717, 1.165) is 30.3 Å². The molecule has 24 heavy (non-hydrogen) atoms. The van der Waals surface area contributed by atoms with E-state index in [1.807, 2.05) is 6.92 Å². The van der Waals surface area contributed by atoms with E-state index in [9.17, 15) is 19.8 Å². The van der Waals surface area contributed by atoms with Crippen molar-refractivity contribution in [2.24, 2.45) is 10.9 Å². The third-order valence-corrected chi connectivity index (χ3v) is 6.49. The van der Waals surface area contributed by atoms with Crippen molar-refractivity contribution in [3.05, 3.63) is 10.6 Å². The molecule has 3 heterocycles. The van der Waals surface area contributed by atoms with Gasteiger partial charge in [0.2, 0.25) is 5.91 Å². The number of amides is 1. The Morgan fingerprint density at radius 3 is 2.75 bits per heavy atom. The molecule has 2 N–H and O–H groups in total. The Bertz CT molecular complexity index is 631. The van der Waals surface area contributed by atoms with Gasteiger partial charge in [0.1, 0.15) is 5.70 Å². The van der Waals surface area contributed by atoms with Crippen LogP contribution in [0.15, 0.2) is 15.6 Å². The molecule has 0 spiro atoms. The Balaban J connectivity index is 1.74. The van der Waals surface area contributed by atoms with Crippen LogP contribution in [0.3, 0.4) is 0 Å². The zero-order valence-electron chi connectivity index (χ0n) is 14.1. The second kappa shape index (κ2) is 6.40. The molecule has 3 aliphatic heterocycles. The van der Waals surface area contributed by atoms with Crippen LogP contribution in [-0.4, -0.2) is 75.3 Å². The highest BCUT2D eigenvalue weighted by molar-refractivity contribution is 8.03. The van der Waals surface area contributed by atoms with Crippen molar-refractivity contribution in [2.75, 3.05) is 20.1 Å². The molecule has 2 saturated heterocycles. The maximum atomic E-state index is 12.2. The molecule has 3 aliphatic rings. The number of aliphatic carboxylic acids is 1. The fourth-order valence-electron chi connectivity index (χ4n) is 3.80. The lowest BCUT2D eigenvalue weighted by molar-refractivity contribution is -0.161. The number of aliphatic hydroxyl groups excluding tert-OH is 1. The van der Waals surface area contributed by atoms with Gasteiger partial charge in [0.15, 0.2) is 0 Å². The van der Waals surface area contributed by atoms with Crippen LogP contribution in [0, 0.1) is 5.92 Å². The number of hydrogen-bond acceptors (Lipinski definition) is 5. The molecule has 8 heteroatoms. The molecule has 0 radical (unpaired) electrons. The van der Waals surface area contributed by atoms with Crippen LogP contribution in [0.4, 0.5) is 0 Å². The molecule has 7 nitrogen and oxygen atoms in total. The molecular weight excluding hydrogens is 330 g/mol. The van der Waals surface area contributed by atoms with Crippen molar-refractivity contribution in [3.63, 3.8) is 0 Å². The number of fused-ring (bicyclic) bond motifs is 1. The van der Waals surface area contributed by atoms with E-state index in [1.54, 1.807) is 25.7 Å². The molecule has 3 rings (SSSR count). The second-order valence-corrected chi connectivity index (χ2v) is 7.96. The minimum atomic E-state index is -1.06. The summed E-state index contributed by atoms with van der Waals surface area (Å²) in [7, 11) is 1.77. The van der Waals surface area contributed by atoms with E-state index in [-0.39, 0.29) is 17.6 Å². The third-order valence-electron chi connectivity index (χ3n) is 5.13. The molecule has 4 atom stereocenters. The summed E-state index contributed by atoms with van der Waals surface area (Å²) in [4.78, 5) is 32.4. The van der Waals surface area contributed by atoms with Crippen molar-refractivity contribution in [1.29, 1.82) is 0 Å². The van der Waals surface area contributed by atoms with E-state index >= 15 is 0 Å². The van der Waals surface area contributed by atoms with Gasteiger partial charge in [0.05, 0.1) is 23.9 Å². The first-order valence-corrected chi connectivity index (χ1v) is 9.05. The molecule has 2 fully saturated rings. The fraction of sp³-hybridized carbons (Fsp3) is 0.688. The Labute approximate surface area is 145 Å². The maximum Gasteiger partial charge on any atom is 0.353 e. The monoisotopic (exact) mass is 353 g/mol. The summed E-state index contributed by atoms with van der Waals surface area (Å²) < 4.78 is 0. The molecule has 0 aromatic rings. The number of β-lactam (4-membered cyclic amide) rings is 1. The number of thioether (sulfide) groups is 1. The number of hydrogen-bond donors (Lipinski definition) is 2. The lowest BCUT2D eigenvalue weighted by Gasteiger charge is -2.44. The van der Waals surface area contributed by atoms with Crippen LogP contribution in [0.5, 0.6) is 0 Å².